The predicted molar refractivity (Wildman–Crippen MR) is 118 cm³/mol. The standard InChI is InChI=1S/C23H36BN3/c1-5-21(14-10-9-13-20-11-7-6-8-12-20)18(2)26-23-17-27(24)16-15-22(23)19(3)25-4/h6-8,11-12,18,21,25H,5,9-10,13-17H2,1-4H3/b22-19+,26-23?. The Morgan fingerprint density at radius 3 is 2.67 bits per heavy atom. The van der Waals surface area contributed by atoms with Crippen LogP contribution in [0.5, 0.6) is 0 Å². The molecule has 0 amide bonds. The highest BCUT2D eigenvalue weighted by Gasteiger charge is 2.21. The molecule has 1 heterocycles. The van der Waals surface area contributed by atoms with Crippen LogP contribution in [0.3, 0.4) is 0 Å². The van der Waals surface area contributed by atoms with Crippen LogP contribution in [0.25, 0.3) is 0 Å². The first-order valence-electron chi connectivity index (χ1n) is 10.5. The largest absolute Gasteiger partial charge is 0.391 e. The van der Waals surface area contributed by atoms with Crippen LogP contribution in [-0.2, 0) is 6.42 Å². The molecular weight excluding hydrogens is 329 g/mol. The van der Waals surface area contributed by atoms with Crippen molar-refractivity contribution >= 4 is 13.7 Å². The maximum absolute atomic E-state index is 6.08. The van der Waals surface area contributed by atoms with Crippen LogP contribution in [0.4, 0.5) is 0 Å². The van der Waals surface area contributed by atoms with E-state index in [4.69, 9.17) is 13.0 Å². The molecule has 1 fully saturated rings. The Hall–Kier alpha value is -1.55. The molecule has 1 N–H and O–H groups in total. The second kappa shape index (κ2) is 11.3. The minimum absolute atomic E-state index is 0.341. The summed E-state index contributed by atoms with van der Waals surface area (Å²) in [6.45, 7) is 8.37. The number of piperidine rings is 1. The average molecular weight is 365 g/mol. The van der Waals surface area contributed by atoms with Crippen molar-refractivity contribution in [1.82, 2.24) is 10.1 Å². The number of hydrogen-bond acceptors (Lipinski definition) is 3. The van der Waals surface area contributed by atoms with Crippen molar-refractivity contribution in [1.29, 1.82) is 0 Å². The van der Waals surface area contributed by atoms with Crippen molar-refractivity contribution in [3.8, 4) is 0 Å². The third kappa shape index (κ3) is 6.84. The molecule has 2 rings (SSSR count). The molecular formula is C23H36BN3. The lowest BCUT2D eigenvalue weighted by atomic mass is 9.90. The zero-order valence-electron chi connectivity index (χ0n) is 17.7. The number of nitrogens with zero attached hydrogens (tertiary/aromatic N) is 2. The maximum atomic E-state index is 6.08. The van der Waals surface area contributed by atoms with Gasteiger partial charge in [-0.05, 0) is 63.1 Å². The van der Waals surface area contributed by atoms with Gasteiger partial charge in [0.05, 0.1) is 11.8 Å². The molecule has 3 nitrogen and oxygen atoms in total. The van der Waals surface area contributed by atoms with Crippen LogP contribution in [-0.4, -0.2) is 44.7 Å². The predicted octanol–water partition coefficient (Wildman–Crippen LogP) is 4.54. The molecule has 0 spiro atoms. The third-order valence-corrected chi connectivity index (χ3v) is 5.88. The summed E-state index contributed by atoms with van der Waals surface area (Å²) in [5.74, 6) is 0.637. The van der Waals surface area contributed by atoms with Crippen molar-refractivity contribution in [2.75, 3.05) is 20.1 Å². The summed E-state index contributed by atoms with van der Waals surface area (Å²) < 4.78 is 0. The Bertz CT molecular complexity index is 624. The van der Waals surface area contributed by atoms with E-state index in [-0.39, 0.29) is 0 Å². The molecule has 1 saturated heterocycles. The molecule has 0 aromatic heterocycles. The maximum Gasteiger partial charge on any atom is 0.183 e. The number of nitrogens with one attached hydrogen (secondary N) is 1. The van der Waals surface area contributed by atoms with Gasteiger partial charge >= 0.3 is 0 Å². The lowest BCUT2D eigenvalue weighted by molar-refractivity contribution is 0.385. The Morgan fingerprint density at radius 2 is 2.00 bits per heavy atom. The third-order valence-electron chi connectivity index (χ3n) is 5.88. The summed E-state index contributed by atoms with van der Waals surface area (Å²) in [4.78, 5) is 7.03. The van der Waals surface area contributed by atoms with Gasteiger partial charge in [-0.3, -0.25) is 4.99 Å². The van der Waals surface area contributed by atoms with E-state index in [2.05, 4.69) is 56.4 Å². The summed E-state index contributed by atoms with van der Waals surface area (Å²) in [6.07, 6.45) is 7.10. The van der Waals surface area contributed by atoms with E-state index in [1.54, 1.807) is 0 Å². The van der Waals surface area contributed by atoms with Gasteiger partial charge in [0, 0.05) is 19.3 Å². The number of allylic oxidation sites excluding steroid dienone is 1. The van der Waals surface area contributed by atoms with Gasteiger partial charge in [-0.15, -0.1) is 0 Å². The number of aliphatic imine (C=N–C) groups is 1. The van der Waals surface area contributed by atoms with Crippen molar-refractivity contribution in [2.24, 2.45) is 10.9 Å². The van der Waals surface area contributed by atoms with Gasteiger partial charge in [0.15, 0.2) is 7.98 Å². The number of aryl methyl sites for hydroxylation is 1. The molecule has 4 heteroatoms. The Balaban J connectivity index is 1.93. The fraction of sp³-hybridized carbons (Fsp3) is 0.609. The SMILES string of the molecule is [B]N1CC/C(=C(/C)NC)C(=NC(C)C(CC)CCCCc2ccccc2)C1. The van der Waals surface area contributed by atoms with E-state index in [1.807, 2.05) is 11.9 Å². The zero-order valence-corrected chi connectivity index (χ0v) is 17.7. The smallest absolute Gasteiger partial charge is 0.183 e. The molecule has 2 atom stereocenters. The summed E-state index contributed by atoms with van der Waals surface area (Å²) in [7, 11) is 8.06. The molecule has 1 aromatic carbocycles. The van der Waals surface area contributed by atoms with Gasteiger partial charge in [-0.25, -0.2) is 0 Å². The van der Waals surface area contributed by atoms with Crippen molar-refractivity contribution in [3.05, 3.63) is 47.2 Å². The van der Waals surface area contributed by atoms with E-state index in [1.165, 1.54) is 54.6 Å². The lowest BCUT2D eigenvalue weighted by Gasteiger charge is -2.30. The van der Waals surface area contributed by atoms with Crippen LogP contribution < -0.4 is 5.32 Å². The first-order chi connectivity index (χ1) is 13.0. The van der Waals surface area contributed by atoms with Gasteiger partial charge in [0.1, 0.15) is 0 Å². The summed E-state index contributed by atoms with van der Waals surface area (Å²) in [5.41, 5.74) is 5.20. The molecule has 146 valence electrons. The fourth-order valence-corrected chi connectivity index (χ4v) is 3.96. The van der Waals surface area contributed by atoms with Crippen LogP contribution in [0, 0.1) is 5.92 Å². The lowest BCUT2D eigenvalue weighted by Crippen LogP contribution is -2.37. The zero-order chi connectivity index (χ0) is 19.6. The molecule has 27 heavy (non-hydrogen) atoms. The number of rotatable bonds is 9. The van der Waals surface area contributed by atoms with Crippen molar-refractivity contribution in [2.45, 2.75) is 65.3 Å². The van der Waals surface area contributed by atoms with Gasteiger partial charge in [0.25, 0.3) is 0 Å². The normalized spacial score (nSPS) is 21.1. The highest BCUT2D eigenvalue weighted by Crippen LogP contribution is 2.23. The minimum atomic E-state index is 0.341. The Kier molecular flexibility index (Phi) is 9.13. The van der Waals surface area contributed by atoms with E-state index >= 15 is 0 Å². The van der Waals surface area contributed by atoms with Gasteiger partial charge in [-0.2, -0.15) is 0 Å². The molecule has 2 unspecified atom stereocenters. The number of hydrogen-bond donors (Lipinski definition) is 1. The molecule has 0 saturated carbocycles. The molecule has 1 aromatic rings. The van der Waals surface area contributed by atoms with E-state index in [9.17, 15) is 0 Å². The average Bonchev–Trinajstić information content (AvgIpc) is 2.68. The molecule has 1 aliphatic rings. The first-order valence-corrected chi connectivity index (χ1v) is 10.5. The highest BCUT2D eigenvalue weighted by molar-refractivity contribution is 6.11. The topological polar surface area (TPSA) is 27.6 Å². The van der Waals surface area contributed by atoms with Gasteiger partial charge in [-0.1, -0.05) is 50.1 Å². The summed E-state index contributed by atoms with van der Waals surface area (Å²) in [6, 6.07) is 11.1. The molecule has 0 bridgehead atoms. The molecule has 1 aliphatic heterocycles. The monoisotopic (exact) mass is 365 g/mol. The second-order valence-electron chi connectivity index (χ2n) is 7.79. The van der Waals surface area contributed by atoms with E-state index < -0.39 is 0 Å². The first kappa shape index (κ1) is 21.8. The fourth-order valence-electron chi connectivity index (χ4n) is 3.96. The summed E-state index contributed by atoms with van der Waals surface area (Å²) in [5, 5.41) is 3.29. The number of benzene rings is 1. The van der Waals surface area contributed by atoms with E-state index in [0.29, 0.717) is 12.0 Å². The molecule has 0 aliphatic carbocycles. The van der Waals surface area contributed by atoms with Gasteiger partial charge < -0.3 is 10.1 Å². The van der Waals surface area contributed by atoms with E-state index in [0.717, 1.165) is 19.5 Å². The van der Waals surface area contributed by atoms with Crippen LogP contribution in [0.15, 0.2) is 46.6 Å². The quantitative estimate of drug-likeness (QED) is 0.514. The second-order valence-corrected chi connectivity index (χ2v) is 7.79. The Morgan fingerprint density at radius 1 is 1.26 bits per heavy atom. The number of unbranched alkanes of at least 4 members (excludes halogenated alkanes) is 1. The van der Waals surface area contributed by atoms with Crippen LogP contribution in [0.2, 0.25) is 0 Å². The van der Waals surface area contributed by atoms with Gasteiger partial charge in [0.2, 0.25) is 0 Å². The van der Waals surface area contributed by atoms with Crippen LogP contribution in [0.1, 0.15) is 58.4 Å². The van der Waals surface area contributed by atoms with Crippen molar-refractivity contribution < 1.29 is 0 Å². The van der Waals surface area contributed by atoms with Crippen molar-refractivity contribution in [3.63, 3.8) is 0 Å². The highest BCUT2D eigenvalue weighted by atomic mass is 15.1. The minimum Gasteiger partial charge on any atom is -0.391 e. The molecule has 2 radical (unpaired) electrons. The summed E-state index contributed by atoms with van der Waals surface area (Å²) >= 11 is 0. The van der Waals surface area contributed by atoms with Crippen LogP contribution >= 0.6 is 0 Å². The Labute approximate surface area is 167 Å².